The SMILES string of the molecule is CCCCCCCCCCCCCCCCCCOCC(C[S+]([O-])CCOCCN1C=C[N+](=CCCCCC(=O)[O-])C1)Oc1ccncn1. The van der Waals surface area contributed by atoms with Gasteiger partial charge in [0.05, 0.1) is 26.0 Å². The third-order valence-corrected chi connectivity index (χ3v) is 10.0. The van der Waals surface area contributed by atoms with Gasteiger partial charge in [-0.25, -0.2) is 9.97 Å². The molecule has 0 aliphatic carbocycles. The Bertz CT molecular complexity index is 986. The molecule has 2 atom stereocenters. The molecular weight excluding hydrogens is 641 g/mol. The Morgan fingerprint density at radius 1 is 0.918 bits per heavy atom. The second kappa shape index (κ2) is 30.6. The number of ether oxygens (including phenoxy) is 3. The van der Waals surface area contributed by atoms with Crippen LogP contribution in [0.25, 0.3) is 0 Å². The molecule has 1 aromatic heterocycles. The van der Waals surface area contributed by atoms with Crippen LogP contribution in [0, 0.1) is 0 Å². The summed E-state index contributed by atoms with van der Waals surface area (Å²) in [7, 11) is 0. The van der Waals surface area contributed by atoms with Crippen molar-refractivity contribution < 1.29 is 33.2 Å². The molecule has 2 heterocycles. The molecule has 0 aromatic carbocycles. The van der Waals surface area contributed by atoms with E-state index in [0.29, 0.717) is 50.2 Å². The average Bonchev–Trinajstić information content (AvgIpc) is 3.55. The fraction of sp³-hybridized carbons (Fsp3) is 0.789. The number of rotatable bonds is 34. The molecule has 1 aliphatic rings. The summed E-state index contributed by atoms with van der Waals surface area (Å²) >= 11 is -1.12. The van der Waals surface area contributed by atoms with Crippen molar-refractivity contribution in [3.63, 3.8) is 0 Å². The molecule has 2 unspecified atom stereocenters. The lowest BCUT2D eigenvalue weighted by Crippen LogP contribution is -2.34. The fourth-order valence-corrected chi connectivity index (χ4v) is 6.80. The van der Waals surface area contributed by atoms with E-state index < -0.39 is 17.1 Å². The van der Waals surface area contributed by atoms with E-state index >= 15 is 0 Å². The second-order valence-corrected chi connectivity index (χ2v) is 14.8. The summed E-state index contributed by atoms with van der Waals surface area (Å²) in [6, 6.07) is 1.71. The Balaban J connectivity index is 1.49. The van der Waals surface area contributed by atoms with Crippen LogP contribution in [0.4, 0.5) is 0 Å². The molecule has 0 saturated heterocycles. The highest BCUT2D eigenvalue weighted by Gasteiger charge is 2.20. The standard InChI is InChI=1S/C38H66N4O6S/c1-2-3-4-5-6-7-8-9-10-11-12-13-14-15-16-20-28-47-32-36(48-37-22-23-39-34-40-37)33-49(45)31-30-46-29-27-42-26-25-41(35-42)24-19-17-18-21-38(43)44/h22-26,34,36H,2-21,27-33,35H2,1H3. The Morgan fingerprint density at radius 3 is 2.22 bits per heavy atom. The fourth-order valence-electron chi connectivity index (χ4n) is 5.75. The quantitative estimate of drug-likeness (QED) is 0.0455. The van der Waals surface area contributed by atoms with Gasteiger partial charge < -0.3 is 33.6 Å². The minimum atomic E-state index is -1.12. The number of carbonyl (C=O) groups excluding carboxylic acids is 1. The van der Waals surface area contributed by atoms with Gasteiger partial charge in [0.25, 0.3) is 0 Å². The summed E-state index contributed by atoms with van der Waals surface area (Å²) < 4.78 is 32.7. The number of aliphatic carboxylic acids is 1. The monoisotopic (exact) mass is 706 g/mol. The number of aromatic nitrogens is 2. The van der Waals surface area contributed by atoms with Gasteiger partial charge in [-0.05, 0) is 36.9 Å². The Labute approximate surface area is 300 Å². The van der Waals surface area contributed by atoms with Gasteiger partial charge in [0.15, 0.2) is 12.3 Å². The molecule has 49 heavy (non-hydrogen) atoms. The molecule has 1 aliphatic heterocycles. The number of hydrogen-bond acceptors (Lipinski definition) is 9. The molecule has 0 fully saturated rings. The van der Waals surface area contributed by atoms with Crippen LogP contribution in [0.1, 0.15) is 135 Å². The van der Waals surface area contributed by atoms with Crippen LogP contribution in [-0.2, 0) is 25.4 Å². The number of nitrogens with zero attached hydrogens (tertiary/aromatic N) is 4. The molecule has 0 saturated carbocycles. The smallest absolute Gasteiger partial charge is 0.223 e. The van der Waals surface area contributed by atoms with E-state index in [-0.39, 0.29) is 12.5 Å². The summed E-state index contributed by atoms with van der Waals surface area (Å²) in [5.74, 6) is 0.262. The second-order valence-electron chi connectivity index (χ2n) is 13.2. The van der Waals surface area contributed by atoms with Crippen molar-refractivity contribution in [3.05, 3.63) is 31.0 Å². The van der Waals surface area contributed by atoms with Crippen LogP contribution >= 0.6 is 0 Å². The molecule has 1 aromatic rings. The minimum Gasteiger partial charge on any atom is -0.616 e. The molecule has 0 N–H and O–H groups in total. The highest BCUT2D eigenvalue weighted by molar-refractivity contribution is 7.91. The van der Waals surface area contributed by atoms with Crippen LogP contribution in [-0.4, -0.2) is 93.4 Å². The van der Waals surface area contributed by atoms with Crippen molar-refractivity contribution in [1.29, 1.82) is 0 Å². The van der Waals surface area contributed by atoms with Crippen molar-refractivity contribution in [2.24, 2.45) is 0 Å². The van der Waals surface area contributed by atoms with Crippen molar-refractivity contribution in [3.8, 4) is 5.88 Å². The zero-order chi connectivity index (χ0) is 35.0. The molecule has 2 rings (SSSR count). The minimum absolute atomic E-state index is 0.112. The number of carboxylic acid groups (broad SMARTS) is 1. The summed E-state index contributed by atoms with van der Waals surface area (Å²) in [4.78, 5) is 20.8. The van der Waals surface area contributed by atoms with Gasteiger partial charge in [-0.1, -0.05) is 103 Å². The lowest BCUT2D eigenvalue weighted by atomic mass is 10.0. The topological polar surface area (TPSA) is 123 Å². The molecule has 11 heteroatoms. The molecule has 0 spiro atoms. The summed E-state index contributed by atoms with van der Waals surface area (Å²) in [6.45, 7) is 5.78. The summed E-state index contributed by atoms with van der Waals surface area (Å²) in [5.41, 5.74) is 0. The van der Waals surface area contributed by atoms with Crippen LogP contribution in [0.3, 0.4) is 0 Å². The number of hydrogen-bond donors (Lipinski definition) is 0. The maximum absolute atomic E-state index is 12.9. The molecule has 280 valence electrons. The van der Waals surface area contributed by atoms with E-state index in [0.717, 1.165) is 32.5 Å². The first kappa shape index (κ1) is 43.0. The van der Waals surface area contributed by atoms with Gasteiger partial charge in [0.2, 0.25) is 12.5 Å². The number of carbonyl (C=O) groups is 1. The van der Waals surface area contributed by atoms with Crippen molar-refractivity contribution in [1.82, 2.24) is 14.9 Å². The molecule has 0 amide bonds. The third kappa shape index (κ3) is 25.4. The Morgan fingerprint density at radius 2 is 1.59 bits per heavy atom. The van der Waals surface area contributed by atoms with E-state index in [4.69, 9.17) is 14.2 Å². The first-order valence-corrected chi connectivity index (χ1v) is 20.7. The van der Waals surface area contributed by atoms with E-state index in [2.05, 4.69) is 32.6 Å². The van der Waals surface area contributed by atoms with Crippen LogP contribution in [0.2, 0.25) is 0 Å². The van der Waals surface area contributed by atoms with Gasteiger partial charge in [-0.2, -0.15) is 4.58 Å². The molecule has 0 bridgehead atoms. The van der Waals surface area contributed by atoms with Crippen molar-refractivity contribution in [2.45, 2.75) is 141 Å². The number of carboxylic acids is 1. The maximum Gasteiger partial charge on any atom is 0.223 e. The number of unbranched alkanes of at least 4 members (excludes halogenated alkanes) is 17. The highest BCUT2D eigenvalue weighted by atomic mass is 32.2. The summed E-state index contributed by atoms with van der Waals surface area (Å²) in [6.07, 6.45) is 32.7. The van der Waals surface area contributed by atoms with Crippen LogP contribution in [0.5, 0.6) is 5.88 Å². The normalized spacial score (nSPS) is 14.9. The molecule has 10 nitrogen and oxygen atoms in total. The molecule has 0 radical (unpaired) electrons. The lowest BCUT2D eigenvalue weighted by molar-refractivity contribution is -0.460. The first-order chi connectivity index (χ1) is 24.1. The largest absolute Gasteiger partial charge is 0.616 e. The lowest BCUT2D eigenvalue weighted by Gasteiger charge is -2.20. The van der Waals surface area contributed by atoms with Gasteiger partial charge in [-0.15, -0.1) is 0 Å². The van der Waals surface area contributed by atoms with Gasteiger partial charge >= 0.3 is 0 Å². The Kier molecular flexibility index (Phi) is 26.8. The van der Waals surface area contributed by atoms with Crippen LogP contribution < -0.4 is 9.84 Å². The van der Waals surface area contributed by atoms with E-state index in [1.54, 1.807) is 12.3 Å². The van der Waals surface area contributed by atoms with E-state index in [9.17, 15) is 14.5 Å². The zero-order valence-electron chi connectivity index (χ0n) is 30.5. The predicted octanol–water partition coefficient (Wildman–Crippen LogP) is 6.41. The predicted molar refractivity (Wildman–Crippen MR) is 196 cm³/mol. The zero-order valence-corrected chi connectivity index (χ0v) is 31.3. The van der Waals surface area contributed by atoms with Gasteiger partial charge in [-0.3, -0.25) is 0 Å². The maximum atomic E-state index is 12.9. The third-order valence-electron chi connectivity index (χ3n) is 8.65. The summed E-state index contributed by atoms with van der Waals surface area (Å²) in [5, 5.41) is 10.5. The first-order valence-electron chi connectivity index (χ1n) is 19.2. The highest BCUT2D eigenvalue weighted by Crippen LogP contribution is 2.14. The Hall–Kier alpha value is -2.21. The van der Waals surface area contributed by atoms with Crippen LogP contribution in [0.15, 0.2) is 31.0 Å². The van der Waals surface area contributed by atoms with Crippen molar-refractivity contribution >= 4 is 23.4 Å². The van der Waals surface area contributed by atoms with E-state index in [1.165, 1.54) is 103 Å². The van der Waals surface area contributed by atoms with E-state index in [1.807, 2.05) is 12.4 Å². The van der Waals surface area contributed by atoms with Crippen molar-refractivity contribution in [2.75, 3.05) is 51.1 Å². The van der Waals surface area contributed by atoms with Gasteiger partial charge in [0.1, 0.15) is 24.0 Å². The molecular formula is C38H66N4O6S. The van der Waals surface area contributed by atoms with Gasteiger partial charge in [0, 0.05) is 37.8 Å². The average molecular weight is 707 g/mol.